The summed E-state index contributed by atoms with van der Waals surface area (Å²) >= 11 is 0. The average Bonchev–Trinajstić information content (AvgIpc) is 2.91. The van der Waals surface area contributed by atoms with Gasteiger partial charge in [-0.2, -0.15) is 0 Å². The van der Waals surface area contributed by atoms with E-state index < -0.39 is 11.4 Å². The van der Waals surface area contributed by atoms with Gasteiger partial charge in [0, 0.05) is 24.3 Å². The maximum absolute atomic E-state index is 12.5. The topological polar surface area (TPSA) is 76.6 Å². The van der Waals surface area contributed by atoms with Crippen LogP contribution in [0.2, 0.25) is 0 Å². The molecule has 0 aliphatic carbocycles. The number of carboxylic acids is 1. The van der Waals surface area contributed by atoms with Gasteiger partial charge in [0.15, 0.2) is 0 Å². The Morgan fingerprint density at radius 3 is 2.83 bits per heavy atom. The molecule has 1 N–H and O–H groups in total. The number of carbonyl (C=O) groups is 1. The number of hydrogen-bond donors (Lipinski definition) is 1. The lowest BCUT2D eigenvalue weighted by molar-refractivity contribution is 0.0695. The van der Waals surface area contributed by atoms with Crippen LogP contribution in [0, 0.1) is 0 Å². The number of aryl methyl sites for hydroxylation is 1. The lowest BCUT2D eigenvalue weighted by atomic mass is 10.1. The third kappa shape index (κ3) is 1.85. The molecule has 0 fully saturated rings. The molecule has 0 aliphatic heterocycles. The largest absolute Gasteiger partial charge is 0.477 e. The van der Waals surface area contributed by atoms with Crippen molar-refractivity contribution < 1.29 is 9.90 Å². The van der Waals surface area contributed by atoms with Gasteiger partial charge in [-0.05, 0) is 31.2 Å². The number of benzene rings is 1. The molecule has 6 nitrogen and oxygen atoms in total. The normalized spacial score (nSPS) is 11.5. The summed E-state index contributed by atoms with van der Waals surface area (Å²) in [7, 11) is 0. The molecule has 0 atom stereocenters. The molecule has 0 unspecified atom stereocenters. The van der Waals surface area contributed by atoms with E-state index in [1.807, 2.05) is 41.8 Å². The fraction of sp³-hybridized carbons (Fsp3) is 0.118. The van der Waals surface area contributed by atoms with Crippen molar-refractivity contribution in [2.24, 2.45) is 0 Å². The van der Waals surface area contributed by atoms with E-state index in [2.05, 4.69) is 4.98 Å². The quantitative estimate of drug-likeness (QED) is 0.617. The number of carboxylic acid groups (broad SMARTS) is 1. The Kier molecular flexibility index (Phi) is 2.74. The van der Waals surface area contributed by atoms with E-state index in [1.165, 1.54) is 6.20 Å². The Bertz CT molecular complexity index is 1150. The van der Waals surface area contributed by atoms with Crippen molar-refractivity contribution in [2.45, 2.75) is 13.5 Å². The number of nitrogens with zero attached hydrogens (tertiary/aromatic N) is 3. The smallest absolute Gasteiger partial charge is 0.341 e. The van der Waals surface area contributed by atoms with Gasteiger partial charge in [-0.25, -0.2) is 9.78 Å². The zero-order valence-corrected chi connectivity index (χ0v) is 12.4. The van der Waals surface area contributed by atoms with Crippen LogP contribution >= 0.6 is 0 Å². The Balaban J connectivity index is 2.23. The number of rotatable bonds is 2. The Hall–Kier alpha value is -3.15. The van der Waals surface area contributed by atoms with E-state index in [0.717, 1.165) is 11.2 Å². The number of aromatic carboxylic acids is 1. The third-order valence-electron chi connectivity index (χ3n) is 4.08. The number of fused-ring (bicyclic) bond motifs is 4. The van der Waals surface area contributed by atoms with E-state index in [0.29, 0.717) is 23.0 Å². The summed E-state index contributed by atoms with van der Waals surface area (Å²) in [6, 6.07) is 9.27. The van der Waals surface area contributed by atoms with Crippen LogP contribution < -0.4 is 5.43 Å². The van der Waals surface area contributed by atoms with Gasteiger partial charge in [0.05, 0.1) is 16.6 Å². The number of hydrogen-bond acceptors (Lipinski definition) is 3. The van der Waals surface area contributed by atoms with E-state index in [1.54, 1.807) is 10.6 Å². The first-order chi connectivity index (χ1) is 11.1. The van der Waals surface area contributed by atoms with Gasteiger partial charge in [0.1, 0.15) is 11.2 Å². The van der Waals surface area contributed by atoms with Gasteiger partial charge < -0.3 is 9.67 Å². The maximum atomic E-state index is 12.5. The zero-order chi connectivity index (χ0) is 16.1. The average molecular weight is 307 g/mol. The summed E-state index contributed by atoms with van der Waals surface area (Å²) in [6.45, 7) is 2.48. The van der Waals surface area contributed by atoms with Crippen LogP contribution in [0.5, 0.6) is 0 Å². The summed E-state index contributed by atoms with van der Waals surface area (Å²) < 4.78 is 3.73. The molecule has 4 aromatic rings. The molecule has 0 amide bonds. The fourth-order valence-electron chi connectivity index (χ4n) is 2.96. The first-order valence-electron chi connectivity index (χ1n) is 7.27. The molecule has 0 bridgehead atoms. The van der Waals surface area contributed by atoms with Crippen LogP contribution in [-0.2, 0) is 6.54 Å². The van der Waals surface area contributed by atoms with Crippen molar-refractivity contribution in [1.29, 1.82) is 0 Å². The van der Waals surface area contributed by atoms with E-state index >= 15 is 0 Å². The molecule has 0 saturated heterocycles. The highest BCUT2D eigenvalue weighted by Gasteiger charge is 2.16. The van der Waals surface area contributed by atoms with Crippen molar-refractivity contribution in [3.8, 4) is 0 Å². The highest BCUT2D eigenvalue weighted by Crippen LogP contribution is 2.22. The van der Waals surface area contributed by atoms with Crippen molar-refractivity contribution in [1.82, 2.24) is 14.0 Å². The minimum atomic E-state index is -1.21. The van der Waals surface area contributed by atoms with Gasteiger partial charge in [0.2, 0.25) is 5.43 Å². The molecule has 23 heavy (non-hydrogen) atoms. The molecule has 0 spiro atoms. The van der Waals surface area contributed by atoms with Crippen LogP contribution in [0.25, 0.3) is 27.6 Å². The van der Waals surface area contributed by atoms with Gasteiger partial charge in [-0.15, -0.1) is 0 Å². The SMILES string of the molecule is CCn1cc(C(=O)O)c(=O)c2cc3nc4ccccn4c3cc21. The molecule has 3 heterocycles. The van der Waals surface area contributed by atoms with Crippen molar-refractivity contribution in [2.75, 3.05) is 0 Å². The Labute approximate surface area is 130 Å². The second-order valence-electron chi connectivity index (χ2n) is 5.36. The molecule has 1 aromatic carbocycles. The Morgan fingerprint density at radius 2 is 2.09 bits per heavy atom. The standard InChI is InChI=1S/C17H13N3O3/c1-2-19-9-11(17(22)23)16(21)10-7-12-14(8-13(10)19)20-6-4-3-5-15(20)18-12/h3-9H,2H2,1H3,(H,22,23). The first-order valence-corrected chi connectivity index (χ1v) is 7.27. The van der Waals surface area contributed by atoms with E-state index in [9.17, 15) is 14.7 Å². The summed E-state index contributed by atoms with van der Waals surface area (Å²) in [5.41, 5.74) is 2.36. The van der Waals surface area contributed by atoms with Gasteiger partial charge in [-0.1, -0.05) is 6.07 Å². The van der Waals surface area contributed by atoms with E-state index in [-0.39, 0.29) is 5.56 Å². The summed E-state index contributed by atoms with van der Waals surface area (Å²) in [6.07, 6.45) is 3.32. The minimum Gasteiger partial charge on any atom is -0.477 e. The molecular weight excluding hydrogens is 294 g/mol. The summed E-state index contributed by atoms with van der Waals surface area (Å²) in [4.78, 5) is 28.3. The molecule has 114 valence electrons. The van der Waals surface area contributed by atoms with E-state index in [4.69, 9.17) is 0 Å². The van der Waals surface area contributed by atoms with Gasteiger partial charge in [0.25, 0.3) is 0 Å². The monoisotopic (exact) mass is 307 g/mol. The highest BCUT2D eigenvalue weighted by atomic mass is 16.4. The lowest BCUT2D eigenvalue weighted by Gasteiger charge is -2.10. The molecular formula is C17H13N3O3. The maximum Gasteiger partial charge on any atom is 0.341 e. The molecule has 3 aromatic heterocycles. The summed E-state index contributed by atoms with van der Waals surface area (Å²) in [5, 5.41) is 9.62. The van der Waals surface area contributed by atoms with Crippen LogP contribution in [0.1, 0.15) is 17.3 Å². The number of aromatic nitrogens is 3. The summed E-state index contributed by atoms with van der Waals surface area (Å²) in [5.74, 6) is -1.21. The Morgan fingerprint density at radius 1 is 1.26 bits per heavy atom. The second-order valence-corrected chi connectivity index (χ2v) is 5.36. The van der Waals surface area contributed by atoms with Crippen molar-refractivity contribution >= 4 is 33.6 Å². The number of pyridine rings is 2. The molecule has 0 aliphatic rings. The predicted octanol–water partition coefficient (Wildman–Crippen LogP) is 2.52. The first kappa shape index (κ1) is 13.5. The zero-order valence-electron chi connectivity index (χ0n) is 12.4. The predicted molar refractivity (Wildman–Crippen MR) is 87.1 cm³/mol. The molecule has 4 rings (SSSR count). The van der Waals surface area contributed by atoms with Crippen LogP contribution in [0.4, 0.5) is 0 Å². The van der Waals surface area contributed by atoms with Crippen molar-refractivity contribution in [3.05, 3.63) is 58.5 Å². The van der Waals surface area contributed by atoms with Crippen LogP contribution in [0.15, 0.2) is 47.5 Å². The van der Waals surface area contributed by atoms with Crippen LogP contribution in [0.3, 0.4) is 0 Å². The molecule has 6 heteroatoms. The minimum absolute atomic E-state index is 0.220. The van der Waals surface area contributed by atoms with Crippen molar-refractivity contribution in [3.63, 3.8) is 0 Å². The number of imidazole rings is 1. The third-order valence-corrected chi connectivity index (χ3v) is 4.08. The van der Waals surface area contributed by atoms with Gasteiger partial charge >= 0.3 is 5.97 Å². The van der Waals surface area contributed by atoms with Gasteiger partial charge in [-0.3, -0.25) is 9.20 Å². The molecule has 0 saturated carbocycles. The highest BCUT2D eigenvalue weighted by molar-refractivity contribution is 5.98. The second kappa shape index (κ2) is 4.67. The fourth-order valence-corrected chi connectivity index (χ4v) is 2.96. The molecule has 0 radical (unpaired) electrons. The lowest BCUT2D eigenvalue weighted by Crippen LogP contribution is -2.18. The van der Waals surface area contributed by atoms with Crippen LogP contribution in [-0.4, -0.2) is 25.0 Å².